The van der Waals surface area contributed by atoms with E-state index in [1.165, 1.54) is 23.8 Å². The minimum atomic E-state index is -0.395. The van der Waals surface area contributed by atoms with Gasteiger partial charge in [-0.2, -0.15) is 4.98 Å². The lowest BCUT2D eigenvalue weighted by Crippen LogP contribution is -2.25. The van der Waals surface area contributed by atoms with Gasteiger partial charge in [-0.15, -0.1) is 6.58 Å². The van der Waals surface area contributed by atoms with Crippen LogP contribution >= 0.6 is 0 Å². The lowest BCUT2D eigenvalue weighted by atomic mass is 10.1. The van der Waals surface area contributed by atoms with Crippen molar-refractivity contribution in [2.24, 2.45) is 0 Å². The average molecular weight is 319 g/mol. The van der Waals surface area contributed by atoms with Crippen LogP contribution < -0.4 is 17.0 Å². The molecule has 7 heteroatoms. The van der Waals surface area contributed by atoms with Gasteiger partial charge in [0.25, 0.3) is 5.56 Å². The zero-order valence-electron chi connectivity index (χ0n) is 13.7. The Morgan fingerprint density at radius 1 is 1.17 bits per heavy atom. The SMILES string of the molecule is C=CCn1c(=O)n(CCCCCCCC)c2nc(N)[nH]c(=O)c21. The molecule has 0 aliphatic rings. The third-order valence-corrected chi connectivity index (χ3v) is 3.93. The van der Waals surface area contributed by atoms with Gasteiger partial charge < -0.3 is 5.73 Å². The van der Waals surface area contributed by atoms with Crippen molar-refractivity contribution in [2.45, 2.75) is 58.5 Å². The molecule has 0 unspecified atom stereocenters. The smallest absolute Gasteiger partial charge is 0.330 e. The number of aromatic nitrogens is 4. The molecule has 7 nitrogen and oxygen atoms in total. The van der Waals surface area contributed by atoms with E-state index in [2.05, 4.69) is 23.5 Å². The van der Waals surface area contributed by atoms with Crippen LogP contribution in [-0.4, -0.2) is 19.1 Å². The maximum absolute atomic E-state index is 12.6. The van der Waals surface area contributed by atoms with Crippen LogP contribution in [0.15, 0.2) is 22.2 Å². The maximum atomic E-state index is 12.6. The number of imidazole rings is 1. The lowest BCUT2D eigenvalue weighted by molar-refractivity contribution is 0.549. The van der Waals surface area contributed by atoms with Crippen LogP contribution in [0, 0.1) is 0 Å². The summed E-state index contributed by atoms with van der Waals surface area (Å²) < 4.78 is 2.94. The molecule has 2 rings (SSSR count). The third kappa shape index (κ3) is 3.72. The van der Waals surface area contributed by atoms with Crippen LogP contribution in [0.25, 0.3) is 11.2 Å². The molecule has 0 spiro atoms. The van der Waals surface area contributed by atoms with Gasteiger partial charge >= 0.3 is 5.69 Å². The quantitative estimate of drug-likeness (QED) is 0.545. The number of unbranched alkanes of at least 4 members (excludes halogenated alkanes) is 5. The molecule has 0 saturated heterocycles. The van der Waals surface area contributed by atoms with Gasteiger partial charge in [0, 0.05) is 13.1 Å². The Bertz CT molecular complexity index is 784. The number of hydrogen-bond donors (Lipinski definition) is 2. The number of hydrogen-bond acceptors (Lipinski definition) is 4. The summed E-state index contributed by atoms with van der Waals surface area (Å²) >= 11 is 0. The number of aryl methyl sites for hydroxylation is 1. The predicted molar refractivity (Wildman–Crippen MR) is 92.6 cm³/mol. The molecule has 0 fully saturated rings. The van der Waals surface area contributed by atoms with E-state index >= 15 is 0 Å². The Balaban J connectivity index is 2.28. The van der Waals surface area contributed by atoms with Gasteiger partial charge in [0.05, 0.1) is 0 Å². The van der Waals surface area contributed by atoms with Gasteiger partial charge in [0.2, 0.25) is 5.95 Å². The number of nitrogens with zero attached hydrogens (tertiary/aromatic N) is 3. The first kappa shape index (κ1) is 17.1. The third-order valence-electron chi connectivity index (χ3n) is 3.93. The largest absolute Gasteiger partial charge is 0.369 e. The van der Waals surface area contributed by atoms with Gasteiger partial charge in [0.15, 0.2) is 11.2 Å². The second-order valence-electron chi connectivity index (χ2n) is 5.72. The van der Waals surface area contributed by atoms with E-state index in [1.54, 1.807) is 10.6 Å². The van der Waals surface area contributed by atoms with E-state index in [0.717, 1.165) is 19.3 Å². The van der Waals surface area contributed by atoms with Gasteiger partial charge in [-0.05, 0) is 6.42 Å². The second-order valence-corrected chi connectivity index (χ2v) is 5.72. The fraction of sp³-hybridized carbons (Fsp3) is 0.562. The van der Waals surface area contributed by atoms with Crippen molar-refractivity contribution in [1.82, 2.24) is 19.1 Å². The minimum Gasteiger partial charge on any atom is -0.369 e. The van der Waals surface area contributed by atoms with Crippen LogP contribution in [0.2, 0.25) is 0 Å². The van der Waals surface area contributed by atoms with Crippen molar-refractivity contribution in [3.63, 3.8) is 0 Å². The molecule has 2 aromatic rings. The van der Waals surface area contributed by atoms with Crippen LogP contribution in [0.3, 0.4) is 0 Å². The van der Waals surface area contributed by atoms with Crippen LogP contribution in [0.4, 0.5) is 5.95 Å². The number of fused-ring (bicyclic) bond motifs is 1. The van der Waals surface area contributed by atoms with Crippen LogP contribution in [0.5, 0.6) is 0 Å². The van der Waals surface area contributed by atoms with Gasteiger partial charge in [-0.3, -0.25) is 18.9 Å². The van der Waals surface area contributed by atoms with E-state index in [0.29, 0.717) is 12.2 Å². The first-order chi connectivity index (χ1) is 11.1. The normalized spacial score (nSPS) is 11.2. The number of rotatable bonds is 9. The summed E-state index contributed by atoms with van der Waals surface area (Å²) in [5.74, 6) is 0.0231. The second kappa shape index (κ2) is 7.80. The molecule has 0 aliphatic heterocycles. The highest BCUT2D eigenvalue weighted by atomic mass is 16.2. The summed E-state index contributed by atoms with van der Waals surface area (Å²) in [5.41, 5.74) is 5.60. The number of nitrogens with one attached hydrogen (secondary N) is 1. The van der Waals surface area contributed by atoms with Crippen molar-refractivity contribution < 1.29 is 0 Å². The molecule has 0 saturated carbocycles. The van der Waals surface area contributed by atoms with Crippen LogP contribution in [-0.2, 0) is 13.1 Å². The van der Waals surface area contributed by atoms with Crippen molar-refractivity contribution in [2.75, 3.05) is 5.73 Å². The van der Waals surface area contributed by atoms with E-state index in [4.69, 9.17) is 5.73 Å². The molecule has 2 heterocycles. The molecule has 0 atom stereocenters. The molecule has 0 aromatic carbocycles. The summed E-state index contributed by atoms with van der Waals surface area (Å²) in [6.45, 7) is 6.63. The zero-order chi connectivity index (χ0) is 16.8. The molecule has 0 amide bonds. The molecule has 126 valence electrons. The number of aromatic amines is 1. The molecule has 2 aromatic heterocycles. The lowest BCUT2D eigenvalue weighted by Gasteiger charge is -2.03. The Labute approximate surface area is 134 Å². The maximum Gasteiger partial charge on any atom is 0.330 e. The number of allylic oxidation sites excluding steroid dienone is 1. The standard InChI is InChI=1S/C16H25N5O2/c1-3-5-6-7-8-9-11-21-13-12(14(22)19-15(17)18-13)20(10-4-2)16(21)23/h4H,2-3,5-11H2,1H3,(H3,17,18,19,22). The summed E-state index contributed by atoms with van der Waals surface area (Å²) in [7, 11) is 0. The highest BCUT2D eigenvalue weighted by molar-refractivity contribution is 5.71. The first-order valence-electron chi connectivity index (χ1n) is 8.19. The van der Waals surface area contributed by atoms with Crippen LogP contribution in [0.1, 0.15) is 45.4 Å². The van der Waals surface area contributed by atoms with Crippen molar-refractivity contribution in [3.8, 4) is 0 Å². The Morgan fingerprint density at radius 3 is 2.57 bits per heavy atom. The van der Waals surface area contributed by atoms with E-state index in [1.807, 2.05) is 0 Å². The highest BCUT2D eigenvalue weighted by Crippen LogP contribution is 2.10. The fourth-order valence-electron chi connectivity index (χ4n) is 2.79. The zero-order valence-corrected chi connectivity index (χ0v) is 13.7. The Morgan fingerprint density at radius 2 is 1.87 bits per heavy atom. The summed E-state index contributed by atoms with van der Waals surface area (Å²) in [4.78, 5) is 31.3. The van der Waals surface area contributed by atoms with Gasteiger partial charge in [0.1, 0.15) is 0 Å². The van der Waals surface area contributed by atoms with E-state index in [9.17, 15) is 9.59 Å². The molecular weight excluding hydrogens is 294 g/mol. The molecule has 0 bridgehead atoms. The van der Waals surface area contributed by atoms with Crippen molar-refractivity contribution >= 4 is 17.1 Å². The number of H-pyrrole nitrogens is 1. The summed E-state index contributed by atoms with van der Waals surface area (Å²) in [6.07, 6.45) is 8.35. The summed E-state index contributed by atoms with van der Waals surface area (Å²) in [6, 6.07) is 0. The molecule has 23 heavy (non-hydrogen) atoms. The molecule has 0 radical (unpaired) electrons. The Kier molecular flexibility index (Phi) is 5.78. The van der Waals surface area contributed by atoms with Crippen molar-refractivity contribution in [3.05, 3.63) is 33.5 Å². The first-order valence-corrected chi connectivity index (χ1v) is 8.19. The van der Waals surface area contributed by atoms with Gasteiger partial charge in [-0.25, -0.2) is 4.79 Å². The monoisotopic (exact) mass is 319 g/mol. The number of nitrogens with two attached hydrogens (primary N) is 1. The van der Waals surface area contributed by atoms with E-state index < -0.39 is 5.56 Å². The van der Waals surface area contributed by atoms with Crippen molar-refractivity contribution in [1.29, 1.82) is 0 Å². The number of nitrogen functional groups attached to an aromatic ring is 1. The molecule has 0 aliphatic carbocycles. The minimum absolute atomic E-state index is 0.0231. The average Bonchev–Trinajstić information content (AvgIpc) is 2.76. The molecular formula is C16H25N5O2. The molecule has 3 N–H and O–H groups in total. The van der Waals surface area contributed by atoms with E-state index in [-0.39, 0.29) is 23.7 Å². The number of anilines is 1. The Hall–Kier alpha value is -2.31. The summed E-state index contributed by atoms with van der Waals surface area (Å²) in [5, 5.41) is 0. The highest BCUT2D eigenvalue weighted by Gasteiger charge is 2.17. The predicted octanol–water partition coefficient (Wildman–Crippen LogP) is 2.01. The fourth-order valence-corrected chi connectivity index (χ4v) is 2.79. The van der Waals surface area contributed by atoms with Gasteiger partial charge in [-0.1, -0.05) is 45.1 Å². The topological polar surface area (TPSA) is 98.7 Å².